The Morgan fingerprint density at radius 3 is 1.36 bits per heavy atom. The van der Waals surface area contributed by atoms with Gasteiger partial charge in [0.2, 0.25) is 0 Å². The molecule has 8 heteroatoms. The summed E-state index contributed by atoms with van der Waals surface area (Å²) in [6.45, 7) is 6.31. The van der Waals surface area contributed by atoms with E-state index in [-0.39, 0.29) is 32.7 Å². The van der Waals surface area contributed by atoms with Crippen LogP contribution >= 0.6 is 0 Å². The van der Waals surface area contributed by atoms with Gasteiger partial charge in [-0.15, -0.1) is 0 Å². The van der Waals surface area contributed by atoms with Crippen LogP contribution in [-0.4, -0.2) is 23.9 Å². The van der Waals surface area contributed by atoms with Crippen LogP contribution in [0.25, 0.3) is 0 Å². The summed E-state index contributed by atoms with van der Waals surface area (Å²) in [6, 6.07) is 30.3. The van der Waals surface area contributed by atoms with Gasteiger partial charge in [-0.1, -0.05) is 84.9 Å². The van der Waals surface area contributed by atoms with E-state index in [0.29, 0.717) is 5.39 Å². The van der Waals surface area contributed by atoms with Crippen LogP contribution in [0.4, 0.5) is 0 Å². The van der Waals surface area contributed by atoms with Crippen LogP contribution in [0.3, 0.4) is 0 Å². The lowest BCUT2D eigenvalue weighted by molar-refractivity contribution is -0.484. The lowest BCUT2D eigenvalue weighted by Crippen LogP contribution is -2.32. The first-order valence-electron chi connectivity index (χ1n) is 13.8. The van der Waals surface area contributed by atoms with Gasteiger partial charge in [0.25, 0.3) is 0 Å². The van der Waals surface area contributed by atoms with Gasteiger partial charge in [0.1, 0.15) is 24.7 Å². The number of carbonyl (C=O) groups excluding carboxylic acids is 2. The topological polar surface area (TPSA) is 83.5 Å². The van der Waals surface area contributed by atoms with Gasteiger partial charge < -0.3 is 19.1 Å². The molecule has 4 aromatic carbocycles. The van der Waals surface area contributed by atoms with Gasteiger partial charge in [-0.05, 0) is 66.3 Å². The summed E-state index contributed by atoms with van der Waals surface area (Å²) in [6.07, 6.45) is -0.152. The van der Waals surface area contributed by atoms with Crippen molar-refractivity contribution < 1.29 is 33.6 Å². The second kappa shape index (κ2) is 15.4. The summed E-state index contributed by atoms with van der Waals surface area (Å²) in [5, 5.41) is 0.476. The van der Waals surface area contributed by atoms with Gasteiger partial charge in [-0.25, -0.2) is 14.4 Å². The molecule has 0 heterocycles. The number of benzene rings is 4. The van der Waals surface area contributed by atoms with E-state index in [1.54, 1.807) is 6.92 Å². The van der Waals surface area contributed by atoms with Crippen LogP contribution in [0, 0.1) is 13.8 Å². The highest BCUT2D eigenvalue weighted by atomic mass is 17.2. The van der Waals surface area contributed by atoms with E-state index in [2.05, 4.69) is 0 Å². The normalized spacial score (nSPS) is 10.8. The van der Waals surface area contributed by atoms with Crippen molar-refractivity contribution in [2.45, 2.75) is 46.8 Å². The van der Waals surface area contributed by atoms with Gasteiger partial charge in [0.05, 0.1) is 19.4 Å². The molecule has 0 saturated carbocycles. The summed E-state index contributed by atoms with van der Waals surface area (Å²) in [5.74, 6) is 0.221. The fraction of sp³-hybridized carbons (Fsp3) is 0.235. The predicted octanol–water partition coefficient (Wildman–Crippen LogP) is 6.42. The van der Waals surface area contributed by atoms with Crippen LogP contribution in [0.5, 0.6) is 11.5 Å². The predicted molar refractivity (Wildman–Crippen MR) is 157 cm³/mol. The van der Waals surface area contributed by atoms with E-state index in [9.17, 15) is 9.59 Å². The highest BCUT2D eigenvalue weighted by Gasteiger charge is 2.21. The molecule has 42 heavy (non-hydrogen) atoms. The molecule has 218 valence electrons. The van der Waals surface area contributed by atoms with Crippen LogP contribution in [0.1, 0.15) is 40.3 Å². The first kappa shape index (κ1) is 30.3. The maximum atomic E-state index is 12.8. The third kappa shape index (κ3) is 8.92. The molecule has 0 atom stereocenters. The molecule has 0 N–H and O–H groups in total. The Kier molecular flexibility index (Phi) is 11.1. The largest absolute Gasteiger partial charge is 0.489 e. The molecular weight excluding hydrogens is 534 g/mol. The maximum Gasteiger partial charge on any atom is 0.336 e. The zero-order valence-corrected chi connectivity index (χ0v) is 24.1. The van der Waals surface area contributed by atoms with Gasteiger partial charge >= 0.3 is 11.9 Å². The molecule has 0 amide bonds. The Labute approximate surface area is 246 Å². The van der Waals surface area contributed by atoms with E-state index in [1.807, 2.05) is 111 Å². The van der Waals surface area contributed by atoms with Gasteiger partial charge in [-0.3, -0.25) is 0 Å². The Balaban J connectivity index is 1.33. The highest BCUT2D eigenvalue weighted by Crippen LogP contribution is 2.21. The van der Waals surface area contributed by atoms with Crippen molar-refractivity contribution in [2.75, 3.05) is 6.61 Å². The van der Waals surface area contributed by atoms with Crippen LogP contribution in [-0.2, 0) is 50.2 Å². The molecule has 0 aliphatic rings. The van der Waals surface area contributed by atoms with Crippen molar-refractivity contribution in [1.29, 1.82) is 0 Å². The SMILES string of the molecule is CCON(OC(=O)Cc1ccccc1COc1ccccc1C)OC(=O)Cc1ccccc1COc1ccccc1C. The van der Waals surface area contributed by atoms with E-state index in [0.717, 1.165) is 44.9 Å². The second-order valence-corrected chi connectivity index (χ2v) is 9.57. The van der Waals surface area contributed by atoms with Crippen molar-refractivity contribution in [3.63, 3.8) is 0 Å². The molecule has 0 spiro atoms. The molecule has 4 aromatic rings. The van der Waals surface area contributed by atoms with Gasteiger partial charge in [0, 0.05) is 0 Å². The second-order valence-electron chi connectivity index (χ2n) is 9.57. The smallest absolute Gasteiger partial charge is 0.336 e. The quantitative estimate of drug-likeness (QED) is 0.161. The molecular formula is C34H35NO7. The average Bonchev–Trinajstić information content (AvgIpc) is 2.98. The van der Waals surface area contributed by atoms with Crippen molar-refractivity contribution in [3.05, 3.63) is 130 Å². The van der Waals surface area contributed by atoms with Crippen molar-refractivity contribution in [1.82, 2.24) is 5.39 Å². The maximum absolute atomic E-state index is 12.8. The first-order chi connectivity index (χ1) is 20.4. The molecule has 0 radical (unpaired) electrons. The van der Waals surface area contributed by atoms with Crippen molar-refractivity contribution in [2.24, 2.45) is 0 Å². The fourth-order valence-electron chi connectivity index (χ4n) is 4.21. The van der Waals surface area contributed by atoms with E-state index in [4.69, 9.17) is 24.0 Å². The minimum atomic E-state index is -0.661. The van der Waals surface area contributed by atoms with E-state index < -0.39 is 11.9 Å². The summed E-state index contributed by atoms with van der Waals surface area (Å²) >= 11 is 0. The minimum absolute atomic E-state index is 0.0759. The first-order valence-corrected chi connectivity index (χ1v) is 13.8. The molecule has 4 rings (SSSR count). The summed E-state index contributed by atoms with van der Waals surface area (Å²) in [7, 11) is 0. The van der Waals surface area contributed by atoms with E-state index >= 15 is 0 Å². The number of rotatable bonds is 14. The number of carbonyl (C=O) groups is 2. The molecule has 0 aliphatic heterocycles. The molecule has 0 unspecified atom stereocenters. The number of aryl methyl sites for hydroxylation is 2. The summed E-state index contributed by atoms with van der Waals surface area (Å²) in [5.41, 5.74) is 5.15. The summed E-state index contributed by atoms with van der Waals surface area (Å²) in [4.78, 5) is 41.4. The Hall–Kier alpha value is -4.66. The fourth-order valence-corrected chi connectivity index (χ4v) is 4.21. The number of hydrogen-bond acceptors (Lipinski definition) is 8. The lowest BCUT2D eigenvalue weighted by atomic mass is 10.1. The van der Waals surface area contributed by atoms with Crippen LogP contribution in [0.15, 0.2) is 97.1 Å². The zero-order valence-electron chi connectivity index (χ0n) is 24.1. The molecule has 0 aromatic heterocycles. The number of para-hydroxylation sites is 2. The van der Waals surface area contributed by atoms with E-state index in [1.165, 1.54) is 0 Å². The zero-order chi connectivity index (χ0) is 29.7. The average molecular weight is 570 g/mol. The number of ether oxygens (including phenoxy) is 2. The number of hydrogen-bond donors (Lipinski definition) is 0. The minimum Gasteiger partial charge on any atom is -0.489 e. The molecule has 0 aliphatic carbocycles. The van der Waals surface area contributed by atoms with Gasteiger partial charge in [0.15, 0.2) is 5.39 Å². The monoisotopic (exact) mass is 569 g/mol. The third-order valence-electron chi connectivity index (χ3n) is 6.45. The third-order valence-corrected chi connectivity index (χ3v) is 6.45. The summed E-state index contributed by atoms with van der Waals surface area (Å²) < 4.78 is 11.9. The lowest BCUT2D eigenvalue weighted by Gasteiger charge is -2.18. The molecule has 0 bridgehead atoms. The molecule has 8 nitrogen and oxygen atoms in total. The van der Waals surface area contributed by atoms with Crippen LogP contribution in [0.2, 0.25) is 0 Å². The number of nitrogens with zero attached hydrogens (tertiary/aromatic N) is 1. The molecule has 0 saturated heterocycles. The van der Waals surface area contributed by atoms with Crippen molar-refractivity contribution >= 4 is 11.9 Å². The highest BCUT2D eigenvalue weighted by molar-refractivity contribution is 5.74. The Morgan fingerprint density at radius 1 is 0.571 bits per heavy atom. The Bertz CT molecular complexity index is 1380. The van der Waals surface area contributed by atoms with Crippen LogP contribution < -0.4 is 9.47 Å². The van der Waals surface area contributed by atoms with Gasteiger partial charge in [-0.2, -0.15) is 0 Å². The Morgan fingerprint density at radius 2 is 0.952 bits per heavy atom. The standard InChI is InChI=1S/C34H35NO7/c1-4-40-35(41-33(36)21-27-15-7-9-17-29(27)23-38-31-19-11-5-13-25(31)2)42-34(37)22-28-16-8-10-18-30(28)24-39-32-20-12-6-14-26(32)3/h5-20H,4,21-24H2,1-3H3. The van der Waals surface area contributed by atoms with Crippen molar-refractivity contribution in [3.8, 4) is 11.5 Å². The molecule has 0 fully saturated rings.